The molecule has 7 heteroatoms. The Morgan fingerprint density at radius 3 is 2.69 bits per heavy atom. The molecular formula is C19H25F2N3OS. The van der Waals surface area contributed by atoms with Crippen LogP contribution in [-0.2, 0) is 5.60 Å². The minimum absolute atomic E-state index is 0.169. The Hall–Kier alpha value is -1.99. The summed E-state index contributed by atoms with van der Waals surface area (Å²) in [5, 5.41) is 18.7. The summed E-state index contributed by atoms with van der Waals surface area (Å²) in [6.07, 6.45) is 0. The zero-order chi connectivity index (χ0) is 19.2. The van der Waals surface area contributed by atoms with Crippen molar-refractivity contribution >= 4 is 17.3 Å². The average Bonchev–Trinajstić information content (AvgIpc) is 3.12. The molecule has 2 rings (SSSR count). The molecule has 0 radical (unpaired) electrons. The van der Waals surface area contributed by atoms with E-state index < -0.39 is 17.2 Å². The van der Waals surface area contributed by atoms with Gasteiger partial charge in [-0.25, -0.2) is 13.8 Å². The van der Waals surface area contributed by atoms with Gasteiger partial charge in [-0.15, -0.1) is 11.3 Å². The quantitative estimate of drug-likeness (QED) is 0.507. The molecule has 0 spiro atoms. The van der Waals surface area contributed by atoms with Gasteiger partial charge in [0.15, 0.2) is 5.96 Å². The minimum Gasteiger partial charge on any atom is -0.383 e. The van der Waals surface area contributed by atoms with Gasteiger partial charge < -0.3 is 15.7 Å². The zero-order valence-electron chi connectivity index (χ0n) is 15.2. The number of halogens is 2. The summed E-state index contributed by atoms with van der Waals surface area (Å²) >= 11 is 1.48. The third-order valence-corrected chi connectivity index (χ3v) is 5.13. The fourth-order valence-electron chi connectivity index (χ4n) is 2.50. The number of nitrogens with one attached hydrogen (secondary N) is 2. The fourth-order valence-corrected chi connectivity index (χ4v) is 3.28. The second kappa shape index (κ2) is 9.09. The molecule has 2 unspecified atom stereocenters. The lowest BCUT2D eigenvalue weighted by Gasteiger charge is -2.21. The molecule has 2 aromatic rings. The molecule has 1 aromatic carbocycles. The highest BCUT2D eigenvalue weighted by Crippen LogP contribution is 2.25. The molecule has 0 aliphatic heterocycles. The van der Waals surface area contributed by atoms with Gasteiger partial charge in [0.2, 0.25) is 0 Å². The number of thiophene rings is 1. The molecule has 1 heterocycles. The van der Waals surface area contributed by atoms with Crippen LogP contribution in [0, 0.1) is 11.6 Å². The Balaban J connectivity index is 2.01. The van der Waals surface area contributed by atoms with Gasteiger partial charge in [0.1, 0.15) is 17.2 Å². The fraction of sp³-hybridized carbons (Fsp3) is 0.421. The Morgan fingerprint density at radius 2 is 2.08 bits per heavy atom. The van der Waals surface area contributed by atoms with E-state index in [1.165, 1.54) is 23.5 Å². The van der Waals surface area contributed by atoms with Crippen molar-refractivity contribution in [2.75, 3.05) is 19.6 Å². The molecule has 0 bridgehead atoms. The molecule has 1 aromatic heterocycles. The summed E-state index contributed by atoms with van der Waals surface area (Å²) in [6, 6.07) is 7.37. The number of hydrogen-bond acceptors (Lipinski definition) is 3. The molecule has 0 fully saturated rings. The van der Waals surface area contributed by atoms with Crippen LogP contribution in [0.3, 0.4) is 0 Å². The molecule has 4 nitrogen and oxygen atoms in total. The molecule has 3 N–H and O–H groups in total. The van der Waals surface area contributed by atoms with E-state index in [2.05, 4.69) is 15.6 Å². The van der Waals surface area contributed by atoms with Gasteiger partial charge in [-0.3, -0.25) is 0 Å². The van der Waals surface area contributed by atoms with Crippen LogP contribution >= 0.6 is 11.3 Å². The maximum atomic E-state index is 13.9. The highest BCUT2D eigenvalue weighted by Gasteiger charge is 2.24. The maximum absolute atomic E-state index is 13.9. The molecule has 0 amide bonds. The van der Waals surface area contributed by atoms with Crippen LogP contribution in [-0.4, -0.2) is 30.7 Å². The lowest BCUT2D eigenvalue weighted by molar-refractivity contribution is 0.0711. The maximum Gasteiger partial charge on any atom is 0.191 e. The predicted molar refractivity (Wildman–Crippen MR) is 103 cm³/mol. The molecule has 142 valence electrons. The molecular weight excluding hydrogens is 356 g/mol. The topological polar surface area (TPSA) is 56.7 Å². The van der Waals surface area contributed by atoms with Crippen LogP contribution in [0.2, 0.25) is 0 Å². The normalized spacial score (nSPS) is 15.4. The number of rotatable bonds is 7. The second-order valence-electron chi connectivity index (χ2n) is 6.39. The van der Waals surface area contributed by atoms with E-state index in [4.69, 9.17) is 0 Å². The van der Waals surface area contributed by atoms with Gasteiger partial charge in [-0.1, -0.05) is 19.1 Å². The molecule has 2 atom stereocenters. The zero-order valence-corrected chi connectivity index (χ0v) is 16.0. The van der Waals surface area contributed by atoms with Crippen molar-refractivity contribution in [2.45, 2.75) is 32.3 Å². The molecule has 0 aliphatic rings. The summed E-state index contributed by atoms with van der Waals surface area (Å²) < 4.78 is 26.9. The lowest BCUT2D eigenvalue weighted by atomic mass is 10.0. The summed E-state index contributed by atoms with van der Waals surface area (Å²) in [5.74, 6) is -0.769. The van der Waals surface area contributed by atoms with Gasteiger partial charge in [-0.2, -0.15) is 0 Å². The smallest absolute Gasteiger partial charge is 0.191 e. The predicted octanol–water partition coefficient (Wildman–Crippen LogP) is 3.59. The van der Waals surface area contributed by atoms with Gasteiger partial charge >= 0.3 is 0 Å². The number of aliphatic imine (C=N–C) groups is 1. The Kier molecular flexibility index (Phi) is 7.11. The minimum atomic E-state index is -1.05. The summed E-state index contributed by atoms with van der Waals surface area (Å²) in [7, 11) is 0. The van der Waals surface area contributed by atoms with Crippen LogP contribution in [0.25, 0.3) is 0 Å². The monoisotopic (exact) mass is 381 g/mol. The number of nitrogens with zero attached hydrogens (tertiary/aromatic N) is 1. The average molecular weight is 381 g/mol. The van der Waals surface area contributed by atoms with E-state index in [0.29, 0.717) is 24.6 Å². The van der Waals surface area contributed by atoms with Crippen molar-refractivity contribution in [3.63, 3.8) is 0 Å². The number of benzene rings is 1. The van der Waals surface area contributed by atoms with E-state index in [-0.39, 0.29) is 12.5 Å². The third kappa shape index (κ3) is 5.51. The second-order valence-corrected chi connectivity index (χ2v) is 7.34. The number of aliphatic hydroxyl groups is 1. The summed E-state index contributed by atoms with van der Waals surface area (Å²) in [5.41, 5.74) is -0.606. The summed E-state index contributed by atoms with van der Waals surface area (Å²) in [6.45, 7) is 6.80. The Labute approximate surface area is 157 Å². The van der Waals surface area contributed by atoms with Crippen LogP contribution < -0.4 is 10.6 Å². The summed E-state index contributed by atoms with van der Waals surface area (Å²) in [4.78, 5) is 5.29. The van der Waals surface area contributed by atoms with Crippen LogP contribution in [0.4, 0.5) is 8.78 Å². The molecule has 0 saturated heterocycles. The van der Waals surface area contributed by atoms with Crippen molar-refractivity contribution in [2.24, 2.45) is 4.99 Å². The highest BCUT2D eigenvalue weighted by atomic mass is 32.1. The van der Waals surface area contributed by atoms with Crippen molar-refractivity contribution in [1.82, 2.24) is 10.6 Å². The first-order chi connectivity index (χ1) is 12.3. The lowest BCUT2D eigenvalue weighted by Crippen LogP contribution is -2.40. The van der Waals surface area contributed by atoms with Gasteiger partial charge in [-0.05, 0) is 36.9 Å². The van der Waals surface area contributed by atoms with E-state index in [1.54, 1.807) is 6.92 Å². The standard InChI is InChI=1S/C19H25F2N3OS/c1-4-22-18(24-12-19(3,25)17-6-5-9-26-17)23-11-13(2)15-8-7-14(20)10-16(15)21/h5-10,13,25H,4,11-12H2,1-3H3,(H2,22,23,24). The van der Waals surface area contributed by atoms with E-state index in [0.717, 1.165) is 10.9 Å². The van der Waals surface area contributed by atoms with Gasteiger partial charge in [0.25, 0.3) is 0 Å². The van der Waals surface area contributed by atoms with Crippen LogP contribution in [0.5, 0.6) is 0 Å². The van der Waals surface area contributed by atoms with Crippen molar-refractivity contribution in [3.05, 3.63) is 57.8 Å². The van der Waals surface area contributed by atoms with Crippen molar-refractivity contribution in [3.8, 4) is 0 Å². The third-order valence-electron chi connectivity index (χ3n) is 4.01. The van der Waals surface area contributed by atoms with E-state index in [1.807, 2.05) is 31.4 Å². The molecule has 0 saturated carbocycles. The first kappa shape index (κ1) is 20.3. The molecule has 26 heavy (non-hydrogen) atoms. The number of hydrogen-bond donors (Lipinski definition) is 3. The van der Waals surface area contributed by atoms with Crippen molar-refractivity contribution < 1.29 is 13.9 Å². The number of guanidine groups is 1. The van der Waals surface area contributed by atoms with Crippen LogP contribution in [0.1, 0.15) is 37.1 Å². The van der Waals surface area contributed by atoms with Crippen molar-refractivity contribution in [1.29, 1.82) is 0 Å². The highest BCUT2D eigenvalue weighted by molar-refractivity contribution is 7.10. The van der Waals surface area contributed by atoms with Gasteiger partial charge in [0, 0.05) is 30.0 Å². The Bertz CT molecular complexity index is 732. The van der Waals surface area contributed by atoms with Gasteiger partial charge in [0.05, 0.1) is 6.54 Å². The van der Waals surface area contributed by atoms with E-state index >= 15 is 0 Å². The van der Waals surface area contributed by atoms with Crippen LogP contribution in [0.15, 0.2) is 40.7 Å². The Morgan fingerprint density at radius 1 is 1.31 bits per heavy atom. The SMILES string of the molecule is CCNC(=NCC(C)(O)c1cccs1)NCC(C)c1ccc(F)cc1F. The largest absolute Gasteiger partial charge is 0.383 e. The first-order valence-electron chi connectivity index (χ1n) is 8.57. The van der Waals surface area contributed by atoms with E-state index in [9.17, 15) is 13.9 Å². The molecule has 0 aliphatic carbocycles. The first-order valence-corrected chi connectivity index (χ1v) is 9.45.